The lowest BCUT2D eigenvalue weighted by Crippen LogP contribution is -2.48. The number of benzene rings is 1. The number of methoxy groups -OCH3 is 1. The number of hydrogen-bond donors (Lipinski definition) is 0. The van der Waals surface area contributed by atoms with Crippen LogP contribution in [0, 0.1) is 0 Å². The highest BCUT2D eigenvalue weighted by Crippen LogP contribution is 2.26. The van der Waals surface area contributed by atoms with Crippen LogP contribution in [0.1, 0.15) is 10.5 Å². The topological polar surface area (TPSA) is 54.9 Å². The predicted molar refractivity (Wildman–Crippen MR) is 107 cm³/mol. The zero-order chi connectivity index (χ0) is 19.1. The Morgan fingerprint density at radius 3 is 2.63 bits per heavy atom. The molecule has 0 N–H and O–H groups in total. The molecule has 0 radical (unpaired) electrons. The van der Waals surface area contributed by atoms with E-state index < -0.39 is 0 Å². The normalized spacial score (nSPS) is 14.9. The molecule has 1 aliphatic heterocycles. The summed E-state index contributed by atoms with van der Waals surface area (Å²) in [5, 5.41) is 2.68. The summed E-state index contributed by atoms with van der Waals surface area (Å²) in [6.07, 6.45) is 1.90. The number of aromatic nitrogens is 1. The third-order valence-electron chi connectivity index (χ3n) is 4.43. The molecule has 1 aromatic heterocycles. The molecule has 1 aromatic carbocycles. The Kier molecular flexibility index (Phi) is 6.98. The first kappa shape index (κ1) is 19.5. The van der Waals surface area contributed by atoms with Gasteiger partial charge in [-0.05, 0) is 24.3 Å². The molecule has 2 aromatic rings. The quantitative estimate of drug-likeness (QED) is 0.515. The average Bonchev–Trinajstić information content (AvgIpc) is 3.19. The number of carbonyl (C=O) groups excluding carboxylic acids is 1. The van der Waals surface area contributed by atoms with Crippen LogP contribution in [0.3, 0.4) is 0 Å². The van der Waals surface area contributed by atoms with E-state index in [0.29, 0.717) is 18.9 Å². The monoisotopic (exact) mass is 387 g/mol. The summed E-state index contributed by atoms with van der Waals surface area (Å²) in [5.41, 5.74) is 1.50. The summed E-state index contributed by atoms with van der Waals surface area (Å²) in [5.74, 6) is 0.802. The van der Waals surface area contributed by atoms with Crippen molar-refractivity contribution < 1.29 is 14.3 Å². The molecule has 0 saturated carbocycles. The van der Waals surface area contributed by atoms with Gasteiger partial charge in [0, 0.05) is 50.8 Å². The Morgan fingerprint density at radius 2 is 1.96 bits per heavy atom. The van der Waals surface area contributed by atoms with Crippen molar-refractivity contribution in [3.8, 4) is 16.3 Å². The number of amides is 1. The first-order chi connectivity index (χ1) is 13.2. The molecule has 144 valence electrons. The molecule has 2 heterocycles. The minimum absolute atomic E-state index is 0.00951. The van der Waals surface area contributed by atoms with Crippen molar-refractivity contribution in [1.29, 1.82) is 0 Å². The second kappa shape index (κ2) is 9.64. The second-order valence-corrected chi connectivity index (χ2v) is 7.14. The highest BCUT2D eigenvalue weighted by Gasteiger charge is 2.23. The second-order valence-electron chi connectivity index (χ2n) is 6.29. The van der Waals surface area contributed by atoms with Crippen LogP contribution in [0.15, 0.2) is 42.3 Å². The molecule has 0 spiro atoms. The Morgan fingerprint density at radius 1 is 1.22 bits per heavy atom. The highest BCUT2D eigenvalue weighted by molar-refractivity contribution is 7.13. The number of carbonyl (C=O) groups is 1. The lowest BCUT2D eigenvalue weighted by atomic mass is 10.2. The van der Waals surface area contributed by atoms with Gasteiger partial charge in [-0.2, -0.15) is 0 Å². The maximum absolute atomic E-state index is 12.7. The Labute approximate surface area is 164 Å². The zero-order valence-electron chi connectivity index (χ0n) is 15.6. The van der Waals surface area contributed by atoms with Crippen LogP contribution in [-0.2, 0) is 4.74 Å². The van der Waals surface area contributed by atoms with E-state index in [4.69, 9.17) is 9.47 Å². The van der Waals surface area contributed by atoms with Crippen molar-refractivity contribution in [3.05, 3.63) is 48.0 Å². The number of piperazine rings is 1. The van der Waals surface area contributed by atoms with Crippen LogP contribution >= 0.6 is 11.3 Å². The first-order valence-corrected chi connectivity index (χ1v) is 9.89. The minimum Gasteiger partial charge on any atom is -0.491 e. The van der Waals surface area contributed by atoms with Gasteiger partial charge in [0.1, 0.15) is 23.1 Å². The van der Waals surface area contributed by atoms with Gasteiger partial charge >= 0.3 is 0 Å². The molecule has 3 rings (SSSR count). The molecule has 1 saturated heterocycles. The fourth-order valence-electron chi connectivity index (χ4n) is 2.92. The number of nitrogens with zero attached hydrogens (tertiary/aromatic N) is 3. The van der Waals surface area contributed by atoms with E-state index >= 15 is 0 Å². The van der Waals surface area contributed by atoms with E-state index in [2.05, 4.69) is 16.5 Å². The maximum Gasteiger partial charge on any atom is 0.273 e. The van der Waals surface area contributed by atoms with Gasteiger partial charge in [-0.3, -0.25) is 9.69 Å². The van der Waals surface area contributed by atoms with Gasteiger partial charge in [-0.15, -0.1) is 17.9 Å². The van der Waals surface area contributed by atoms with Crippen molar-refractivity contribution in [1.82, 2.24) is 14.8 Å². The number of hydrogen-bond acceptors (Lipinski definition) is 6. The van der Waals surface area contributed by atoms with Gasteiger partial charge in [0.2, 0.25) is 0 Å². The Hall–Kier alpha value is -2.22. The van der Waals surface area contributed by atoms with E-state index in [0.717, 1.165) is 49.0 Å². The number of rotatable bonds is 8. The van der Waals surface area contributed by atoms with Crippen LogP contribution in [-0.4, -0.2) is 73.7 Å². The van der Waals surface area contributed by atoms with Gasteiger partial charge < -0.3 is 14.4 Å². The highest BCUT2D eigenvalue weighted by atomic mass is 32.1. The molecule has 7 heteroatoms. The predicted octanol–water partition coefficient (Wildman–Crippen LogP) is 2.78. The molecule has 6 nitrogen and oxygen atoms in total. The van der Waals surface area contributed by atoms with Gasteiger partial charge in [0.25, 0.3) is 5.91 Å². The zero-order valence-corrected chi connectivity index (χ0v) is 16.4. The molecule has 0 atom stereocenters. The summed E-state index contributed by atoms with van der Waals surface area (Å²) in [4.78, 5) is 21.4. The summed E-state index contributed by atoms with van der Waals surface area (Å²) >= 11 is 1.49. The largest absolute Gasteiger partial charge is 0.491 e. The van der Waals surface area contributed by atoms with Crippen LogP contribution in [0.4, 0.5) is 0 Å². The third-order valence-corrected chi connectivity index (χ3v) is 5.32. The molecule has 27 heavy (non-hydrogen) atoms. The average molecular weight is 388 g/mol. The lowest BCUT2D eigenvalue weighted by Gasteiger charge is -2.33. The lowest BCUT2D eigenvalue weighted by molar-refractivity contribution is 0.0645. The Bertz CT molecular complexity index is 752. The summed E-state index contributed by atoms with van der Waals surface area (Å²) in [7, 11) is 1.65. The number of thiazole rings is 1. The molecular formula is C20H25N3O3S. The minimum atomic E-state index is 0.00951. The van der Waals surface area contributed by atoms with E-state index in [-0.39, 0.29) is 5.91 Å². The summed E-state index contributed by atoms with van der Waals surface area (Å²) in [6, 6.07) is 7.74. The van der Waals surface area contributed by atoms with Gasteiger partial charge in [-0.1, -0.05) is 6.08 Å². The molecule has 1 amide bonds. The van der Waals surface area contributed by atoms with Crippen LogP contribution in [0.2, 0.25) is 0 Å². The first-order valence-electron chi connectivity index (χ1n) is 9.01. The van der Waals surface area contributed by atoms with Gasteiger partial charge in [-0.25, -0.2) is 4.98 Å². The van der Waals surface area contributed by atoms with Crippen LogP contribution < -0.4 is 4.74 Å². The van der Waals surface area contributed by atoms with E-state index in [1.54, 1.807) is 7.11 Å². The maximum atomic E-state index is 12.7. The van der Waals surface area contributed by atoms with Gasteiger partial charge in [0.05, 0.1) is 6.61 Å². The smallest absolute Gasteiger partial charge is 0.273 e. The summed E-state index contributed by atoms with van der Waals surface area (Å²) < 4.78 is 10.5. The molecule has 0 bridgehead atoms. The van der Waals surface area contributed by atoms with E-state index in [9.17, 15) is 4.79 Å². The van der Waals surface area contributed by atoms with Crippen molar-refractivity contribution in [2.45, 2.75) is 0 Å². The summed E-state index contributed by atoms with van der Waals surface area (Å²) in [6.45, 7) is 8.92. The van der Waals surface area contributed by atoms with Crippen molar-refractivity contribution in [2.24, 2.45) is 0 Å². The fourth-order valence-corrected chi connectivity index (χ4v) is 3.72. The van der Waals surface area contributed by atoms with Crippen LogP contribution in [0.5, 0.6) is 5.75 Å². The molecular weight excluding hydrogens is 362 g/mol. The van der Waals surface area contributed by atoms with Gasteiger partial charge in [0.15, 0.2) is 0 Å². The molecule has 1 aliphatic rings. The van der Waals surface area contributed by atoms with Crippen molar-refractivity contribution >= 4 is 17.2 Å². The van der Waals surface area contributed by atoms with Crippen LogP contribution in [0.25, 0.3) is 10.6 Å². The molecule has 1 fully saturated rings. The van der Waals surface area contributed by atoms with Crippen molar-refractivity contribution in [3.63, 3.8) is 0 Å². The standard InChI is InChI=1S/C20H25N3O3S/c1-3-8-22-9-11-23(12-10-22)20(24)18-15-27-19(21-18)16-4-6-17(7-5-16)26-14-13-25-2/h3-7,15H,1,8-14H2,2H3. The van der Waals surface area contributed by atoms with E-state index in [1.165, 1.54) is 11.3 Å². The fraction of sp³-hybridized carbons (Fsp3) is 0.400. The number of ether oxygens (including phenoxy) is 2. The molecule has 0 unspecified atom stereocenters. The van der Waals surface area contributed by atoms with E-state index in [1.807, 2.05) is 40.6 Å². The van der Waals surface area contributed by atoms with Crippen molar-refractivity contribution in [2.75, 3.05) is 53.0 Å². The Balaban J connectivity index is 1.59. The SMILES string of the molecule is C=CCN1CCN(C(=O)c2csc(-c3ccc(OCCOC)cc3)n2)CC1. The molecule has 0 aliphatic carbocycles. The third kappa shape index (κ3) is 5.15.